The predicted octanol–water partition coefficient (Wildman–Crippen LogP) is 2.04. The van der Waals surface area contributed by atoms with Crippen LogP contribution in [0.4, 0.5) is 13.2 Å². The molecule has 1 aromatic carbocycles. The molecule has 0 unspecified atom stereocenters. The van der Waals surface area contributed by atoms with Crippen molar-refractivity contribution in [3.63, 3.8) is 0 Å². The Balaban J connectivity index is 2.63. The maximum absolute atomic E-state index is 12.2. The van der Waals surface area contributed by atoms with Gasteiger partial charge in [-0.1, -0.05) is 12.1 Å². The molecular weight excluding hydrogens is 195 g/mol. The first-order chi connectivity index (χ1) is 6.57. The van der Waals surface area contributed by atoms with Crippen LogP contribution in [-0.2, 0) is 6.18 Å². The molecule has 0 atom stereocenters. The molecule has 6 heteroatoms. The van der Waals surface area contributed by atoms with Crippen molar-refractivity contribution >= 4 is 11.0 Å². The molecule has 1 heterocycles. The monoisotopic (exact) mass is 199 g/mol. The van der Waals surface area contributed by atoms with Crippen LogP contribution in [0.1, 0.15) is 5.82 Å². The molecular formula is C8H4F3N3. The van der Waals surface area contributed by atoms with Gasteiger partial charge in [0.15, 0.2) is 0 Å². The number of para-hydroxylation sites is 1. The van der Waals surface area contributed by atoms with E-state index in [1.54, 1.807) is 18.2 Å². The Hall–Kier alpha value is -1.72. The van der Waals surface area contributed by atoms with Crippen molar-refractivity contribution < 1.29 is 13.2 Å². The second-order valence-electron chi connectivity index (χ2n) is 2.62. The van der Waals surface area contributed by atoms with Crippen molar-refractivity contribution in [2.75, 3.05) is 0 Å². The number of hydrogen-bond donors (Lipinski definition) is 0. The van der Waals surface area contributed by atoms with E-state index in [4.69, 9.17) is 0 Å². The van der Waals surface area contributed by atoms with E-state index >= 15 is 0 Å². The third-order valence-electron chi connectivity index (χ3n) is 1.61. The van der Waals surface area contributed by atoms with E-state index in [0.29, 0.717) is 5.52 Å². The number of halogens is 3. The molecule has 14 heavy (non-hydrogen) atoms. The summed E-state index contributed by atoms with van der Waals surface area (Å²) in [6.45, 7) is 0. The summed E-state index contributed by atoms with van der Waals surface area (Å²) in [6, 6.07) is 6.26. The van der Waals surface area contributed by atoms with E-state index in [2.05, 4.69) is 15.2 Å². The Morgan fingerprint density at radius 2 is 1.57 bits per heavy atom. The molecule has 1 aromatic heterocycles. The molecule has 0 saturated heterocycles. The fourth-order valence-corrected chi connectivity index (χ4v) is 1.00. The summed E-state index contributed by atoms with van der Waals surface area (Å²) in [4.78, 5) is 3.35. The van der Waals surface area contributed by atoms with Crippen molar-refractivity contribution in [2.45, 2.75) is 6.18 Å². The summed E-state index contributed by atoms with van der Waals surface area (Å²) in [5.74, 6) is -1.21. The molecule has 0 bridgehead atoms. The van der Waals surface area contributed by atoms with Crippen LogP contribution in [0.2, 0.25) is 0 Å². The molecule has 72 valence electrons. The fraction of sp³-hybridized carbons (Fsp3) is 0.125. The first-order valence-corrected chi connectivity index (χ1v) is 3.74. The average Bonchev–Trinajstić information content (AvgIpc) is 2.16. The smallest absolute Gasteiger partial charge is 0.221 e. The highest BCUT2D eigenvalue weighted by atomic mass is 19.4. The molecule has 0 fully saturated rings. The van der Waals surface area contributed by atoms with Crippen molar-refractivity contribution in [3.05, 3.63) is 30.1 Å². The second kappa shape index (κ2) is 2.90. The summed E-state index contributed by atoms with van der Waals surface area (Å²) >= 11 is 0. The zero-order valence-electron chi connectivity index (χ0n) is 6.78. The highest BCUT2D eigenvalue weighted by Gasteiger charge is 2.35. The third-order valence-corrected chi connectivity index (χ3v) is 1.61. The molecule has 0 aliphatic carbocycles. The number of benzene rings is 1. The molecule has 0 N–H and O–H groups in total. The molecule has 0 spiro atoms. The lowest BCUT2D eigenvalue weighted by molar-refractivity contribution is -0.145. The second-order valence-corrected chi connectivity index (χ2v) is 2.62. The molecule has 2 aromatic rings. The summed E-state index contributed by atoms with van der Waals surface area (Å²) in [5.41, 5.74) is 0.537. The summed E-state index contributed by atoms with van der Waals surface area (Å²) in [6.07, 6.45) is -4.54. The number of nitrogens with zero attached hydrogens (tertiary/aromatic N) is 3. The van der Waals surface area contributed by atoms with Gasteiger partial charge in [0.2, 0.25) is 0 Å². The summed E-state index contributed by atoms with van der Waals surface area (Å²) in [5, 5.41) is 6.41. The van der Waals surface area contributed by atoms with Crippen molar-refractivity contribution in [3.8, 4) is 0 Å². The number of aromatic nitrogens is 3. The minimum Gasteiger partial charge on any atom is -0.221 e. The Bertz CT molecular complexity index is 467. The highest BCUT2D eigenvalue weighted by Crippen LogP contribution is 2.25. The van der Waals surface area contributed by atoms with Crippen molar-refractivity contribution in [1.82, 2.24) is 15.2 Å². The molecule has 0 radical (unpaired) electrons. The van der Waals surface area contributed by atoms with Gasteiger partial charge in [0.25, 0.3) is 5.82 Å². The van der Waals surface area contributed by atoms with Gasteiger partial charge in [-0.05, 0) is 12.1 Å². The fourth-order valence-electron chi connectivity index (χ4n) is 1.00. The number of alkyl halides is 3. The van der Waals surface area contributed by atoms with E-state index in [1.165, 1.54) is 6.07 Å². The van der Waals surface area contributed by atoms with Crippen LogP contribution in [-0.4, -0.2) is 15.2 Å². The zero-order chi connectivity index (χ0) is 10.2. The molecule has 0 saturated carbocycles. The number of hydrogen-bond acceptors (Lipinski definition) is 3. The standard InChI is InChI=1S/C8H4F3N3/c9-8(10,11)7-12-5-3-1-2-4-6(5)13-14-7/h1-4H. The van der Waals surface area contributed by atoms with Gasteiger partial charge in [0, 0.05) is 0 Å². The van der Waals surface area contributed by atoms with Gasteiger partial charge < -0.3 is 0 Å². The first-order valence-electron chi connectivity index (χ1n) is 3.74. The lowest BCUT2D eigenvalue weighted by Gasteiger charge is -2.03. The van der Waals surface area contributed by atoms with Crippen LogP contribution in [0, 0.1) is 0 Å². The highest BCUT2D eigenvalue weighted by molar-refractivity contribution is 5.72. The van der Waals surface area contributed by atoms with E-state index in [-0.39, 0.29) is 5.52 Å². The summed E-state index contributed by atoms with van der Waals surface area (Å²) in [7, 11) is 0. The van der Waals surface area contributed by atoms with E-state index in [1.807, 2.05) is 0 Å². The Kier molecular flexibility index (Phi) is 1.83. The molecule has 2 rings (SSSR count). The van der Waals surface area contributed by atoms with Gasteiger partial charge >= 0.3 is 6.18 Å². The minimum absolute atomic E-state index is 0.190. The molecule has 3 nitrogen and oxygen atoms in total. The third kappa shape index (κ3) is 1.50. The Morgan fingerprint density at radius 3 is 2.21 bits per heavy atom. The largest absolute Gasteiger partial charge is 0.453 e. The topological polar surface area (TPSA) is 38.7 Å². The van der Waals surface area contributed by atoms with Gasteiger partial charge in [-0.3, -0.25) is 0 Å². The lowest BCUT2D eigenvalue weighted by atomic mass is 10.3. The maximum atomic E-state index is 12.2. The van der Waals surface area contributed by atoms with Gasteiger partial charge in [-0.25, -0.2) is 4.98 Å². The number of fused-ring (bicyclic) bond motifs is 1. The van der Waals surface area contributed by atoms with Crippen LogP contribution in [0.3, 0.4) is 0 Å². The van der Waals surface area contributed by atoms with Crippen LogP contribution in [0.25, 0.3) is 11.0 Å². The summed E-state index contributed by atoms with van der Waals surface area (Å²) < 4.78 is 36.5. The Labute approximate surface area is 76.6 Å². The van der Waals surface area contributed by atoms with Gasteiger partial charge in [0.1, 0.15) is 5.52 Å². The van der Waals surface area contributed by atoms with Crippen LogP contribution < -0.4 is 0 Å². The Morgan fingerprint density at radius 1 is 0.929 bits per heavy atom. The lowest BCUT2D eigenvalue weighted by Crippen LogP contribution is -2.11. The minimum atomic E-state index is -4.54. The average molecular weight is 199 g/mol. The molecule has 0 amide bonds. The van der Waals surface area contributed by atoms with E-state index < -0.39 is 12.0 Å². The van der Waals surface area contributed by atoms with Crippen molar-refractivity contribution in [2.24, 2.45) is 0 Å². The van der Waals surface area contributed by atoms with Crippen LogP contribution >= 0.6 is 0 Å². The van der Waals surface area contributed by atoms with E-state index in [0.717, 1.165) is 0 Å². The van der Waals surface area contributed by atoms with Gasteiger partial charge in [-0.15, -0.1) is 10.2 Å². The number of rotatable bonds is 0. The molecule has 0 aliphatic heterocycles. The van der Waals surface area contributed by atoms with Crippen LogP contribution in [0.15, 0.2) is 24.3 Å². The first kappa shape index (κ1) is 8.86. The quantitative estimate of drug-likeness (QED) is 0.651. The van der Waals surface area contributed by atoms with E-state index in [9.17, 15) is 13.2 Å². The zero-order valence-corrected chi connectivity index (χ0v) is 6.78. The molecule has 0 aliphatic rings. The van der Waals surface area contributed by atoms with Gasteiger partial charge in [-0.2, -0.15) is 13.2 Å². The SMILES string of the molecule is FC(F)(F)c1nnc2ccccc2n1. The van der Waals surface area contributed by atoms with Crippen LogP contribution in [0.5, 0.6) is 0 Å². The normalized spacial score (nSPS) is 11.9. The van der Waals surface area contributed by atoms with Gasteiger partial charge in [0.05, 0.1) is 5.52 Å². The predicted molar refractivity (Wildman–Crippen MR) is 42.3 cm³/mol. The van der Waals surface area contributed by atoms with Crippen molar-refractivity contribution in [1.29, 1.82) is 0 Å². The maximum Gasteiger partial charge on any atom is 0.453 e.